The van der Waals surface area contributed by atoms with Gasteiger partial charge in [-0.15, -0.1) is 0 Å². The van der Waals surface area contributed by atoms with Gasteiger partial charge in [0.15, 0.2) is 0 Å². The molecule has 0 unspecified atom stereocenters. The average molecular weight is 396 g/mol. The summed E-state index contributed by atoms with van der Waals surface area (Å²) < 4.78 is 4.85. The quantitative estimate of drug-likeness (QED) is 0.730. The maximum atomic E-state index is 12.4. The van der Waals surface area contributed by atoms with Crippen molar-refractivity contribution in [1.82, 2.24) is 15.2 Å². The lowest BCUT2D eigenvalue weighted by atomic mass is 9.99. The van der Waals surface area contributed by atoms with Crippen LogP contribution in [0.3, 0.4) is 0 Å². The maximum absolute atomic E-state index is 12.4. The summed E-state index contributed by atoms with van der Waals surface area (Å²) in [5.41, 5.74) is 3.13. The van der Waals surface area contributed by atoms with E-state index in [2.05, 4.69) is 15.6 Å². The lowest BCUT2D eigenvalue weighted by Crippen LogP contribution is -2.43. The van der Waals surface area contributed by atoms with Crippen LogP contribution in [0.4, 0.5) is 10.5 Å². The van der Waals surface area contributed by atoms with E-state index in [-0.39, 0.29) is 30.9 Å². The Labute approximate surface area is 169 Å². The van der Waals surface area contributed by atoms with Crippen LogP contribution in [-0.4, -0.2) is 47.5 Å². The number of urea groups is 1. The molecule has 29 heavy (non-hydrogen) atoms. The van der Waals surface area contributed by atoms with Gasteiger partial charge in [0.1, 0.15) is 5.69 Å². The molecule has 0 fully saturated rings. The van der Waals surface area contributed by atoms with Crippen molar-refractivity contribution in [2.45, 2.75) is 26.3 Å². The van der Waals surface area contributed by atoms with Crippen molar-refractivity contribution in [3.63, 3.8) is 0 Å². The maximum Gasteiger partial charge on any atom is 0.317 e. The van der Waals surface area contributed by atoms with Gasteiger partial charge >= 0.3 is 12.0 Å². The Bertz CT molecular complexity index is 886. The van der Waals surface area contributed by atoms with Crippen molar-refractivity contribution in [1.29, 1.82) is 0 Å². The second-order valence-electron chi connectivity index (χ2n) is 6.61. The minimum Gasteiger partial charge on any atom is -0.466 e. The topological polar surface area (TPSA) is 101 Å². The van der Waals surface area contributed by atoms with Gasteiger partial charge in [0.25, 0.3) is 5.91 Å². The van der Waals surface area contributed by atoms with E-state index in [0.29, 0.717) is 31.1 Å². The fraction of sp³-hybridized carbons (Fsp3) is 0.333. The number of anilines is 1. The SMILES string of the molecule is CCOC(=O)CCNC(=O)N1CCc2ccc(NC(=O)c3ccccn3)cc2C1. The molecule has 2 N–H and O–H groups in total. The predicted molar refractivity (Wildman–Crippen MR) is 107 cm³/mol. The molecular weight excluding hydrogens is 372 g/mol. The van der Waals surface area contributed by atoms with Crippen LogP contribution in [-0.2, 0) is 22.5 Å². The van der Waals surface area contributed by atoms with E-state index >= 15 is 0 Å². The van der Waals surface area contributed by atoms with Gasteiger partial charge in [-0.2, -0.15) is 0 Å². The highest BCUT2D eigenvalue weighted by atomic mass is 16.5. The second-order valence-corrected chi connectivity index (χ2v) is 6.61. The highest BCUT2D eigenvalue weighted by molar-refractivity contribution is 6.02. The molecule has 0 spiro atoms. The molecule has 1 aliphatic heterocycles. The molecule has 1 aliphatic rings. The van der Waals surface area contributed by atoms with E-state index in [1.165, 1.54) is 0 Å². The molecule has 0 saturated heterocycles. The van der Waals surface area contributed by atoms with Gasteiger partial charge < -0.3 is 20.3 Å². The first-order valence-corrected chi connectivity index (χ1v) is 9.59. The van der Waals surface area contributed by atoms with Crippen LogP contribution < -0.4 is 10.6 Å². The second kappa shape index (κ2) is 9.68. The predicted octanol–water partition coefficient (Wildman–Crippen LogP) is 2.35. The molecule has 3 amide bonds. The summed E-state index contributed by atoms with van der Waals surface area (Å²) in [5.74, 6) is -0.611. The Morgan fingerprint density at radius 1 is 1.17 bits per heavy atom. The number of nitrogens with one attached hydrogen (secondary N) is 2. The van der Waals surface area contributed by atoms with Gasteiger partial charge in [0.05, 0.1) is 13.0 Å². The zero-order valence-electron chi connectivity index (χ0n) is 16.3. The Morgan fingerprint density at radius 3 is 2.79 bits per heavy atom. The number of hydrogen-bond acceptors (Lipinski definition) is 5. The number of aromatic nitrogens is 1. The Kier molecular flexibility index (Phi) is 6.78. The monoisotopic (exact) mass is 396 g/mol. The molecule has 0 atom stereocenters. The summed E-state index contributed by atoms with van der Waals surface area (Å²) in [7, 11) is 0. The number of ether oxygens (including phenoxy) is 1. The molecular formula is C21H24N4O4. The third-order valence-electron chi connectivity index (χ3n) is 4.57. The first kappa shape index (κ1) is 20.3. The molecule has 1 aromatic carbocycles. The number of pyridine rings is 1. The number of hydrogen-bond donors (Lipinski definition) is 2. The number of benzene rings is 1. The lowest BCUT2D eigenvalue weighted by molar-refractivity contribution is -0.142. The van der Waals surface area contributed by atoms with E-state index in [4.69, 9.17) is 4.74 Å². The van der Waals surface area contributed by atoms with Crippen molar-refractivity contribution in [3.05, 3.63) is 59.4 Å². The van der Waals surface area contributed by atoms with E-state index < -0.39 is 0 Å². The minimum absolute atomic E-state index is 0.147. The standard InChI is InChI=1S/C21H24N4O4/c1-2-29-19(26)8-11-23-21(28)25-12-9-15-6-7-17(13-16(15)14-25)24-20(27)18-5-3-4-10-22-18/h3-7,10,13H,2,8-9,11-12,14H2,1H3,(H,23,28)(H,24,27). The molecule has 0 radical (unpaired) electrons. The number of esters is 1. The third kappa shape index (κ3) is 5.54. The summed E-state index contributed by atoms with van der Waals surface area (Å²) in [6, 6.07) is 10.6. The largest absolute Gasteiger partial charge is 0.466 e. The zero-order valence-corrected chi connectivity index (χ0v) is 16.3. The first-order chi connectivity index (χ1) is 14.1. The summed E-state index contributed by atoms with van der Waals surface area (Å²) >= 11 is 0. The highest BCUT2D eigenvalue weighted by Crippen LogP contribution is 2.23. The molecule has 0 aliphatic carbocycles. The van der Waals surface area contributed by atoms with Gasteiger partial charge in [0, 0.05) is 31.5 Å². The van der Waals surface area contributed by atoms with Gasteiger partial charge in [-0.3, -0.25) is 14.6 Å². The van der Waals surface area contributed by atoms with Crippen molar-refractivity contribution >= 4 is 23.6 Å². The fourth-order valence-corrected chi connectivity index (χ4v) is 3.12. The summed E-state index contributed by atoms with van der Waals surface area (Å²) in [4.78, 5) is 41.8. The van der Waals surface area contributed by atoms with E-state index in [0.717, 1.165) is 17.5 Å². The number of carbonyl (C=O) groups is 3. The van der Waals surface area contributed by atoms with Gasteiger partial charge in [0.2, 0.25) is 0 Å². The Balaban J connectivity index is 1.57. The van der Waals surface area contributed by atoms with Crippen molar-refractivity contribution < 1.29 is 19.1 Å². The molecule has 0 bridgehead atoms. The third-order valence-corrected chi connectivity index (χ3v) is 4.57. The number of amides is 3. The first-order valence-electron chi connectivity index (χ1n) is 9.59. The molecule has 0 saturated carbocycles. The van der Waals surface area contributed by atoms with E-state index in [9.17, 15) is 14.4 Å². The van der Waals surface area contributed by atoms with Gasteiger partial charge in [-0.25, -0.2) is 4.79 Å². The van der Waals surface area contributed by atoms with E-state index in [1.54, 1.807) is 36.2 Å². The highest BCUT2D eigenvalue weighted by Gasteiger charge is 2.21. The van der Waals surface area contributed by atoms with Crippen LogP contribution in [0.1, 0.15) is 35.0 Å². The van der Waals surface area contributed by atoms with Crippen molar-refractivity contribution in [2.24, 2.45) is 0 Å². The van der Waals surface area contributed by atoms with E-state index in [1.807, 2.05) is 18.2 Å². The van der Waals surface area contributed by atoms with Crippen LogP contribution in [0.15, 0.2) is 42.6 Å². The Hall–Kier alpha value is -3.42. The molecule has 1 aromatic heterocycles. The van der Waals surface area contributed by atoms with Crippen LogP contribution in [0.25, 0.3) is 0 Å². The molecule has 8 nitrogen and oxygen atoms in total. The fourth-order valence-electron chi connectivity index (χ4n) is 3.12. The Morgan fingerprint density at radius 2 is 2.03 bits per heavy atom. The van der Waals surface area contributed by atoms with Crippen LogP contribution in [0, 0.1) is 0 Å². The summed E-state index contributed by atoms with van der Waals surface area (Å²) in [6.07, 6.45) is 2.45. The van der Waals surface area contributed by atoms with Gasteiger partial charge in [-0.05, 0) is 48.7 Å². The molecule has 2 aromatic rings. The molecule has 2 heterocycles. The average Bonchev–Trinajstić information content (AvgIpc) is 2.74. The molecule has 152 valence electrons. The lowest BCUT2D eigenvalue weighted by Gasteiger charge is -2.29. The normalized spacial score (nSPS) is 12.7. The van der Waals surface area contributed by atoms with Crippen LogP contribution in [0.5, 0.6) is 0 Å². The van der Waals surface area contributed by atoms with Gasteiger partial charge in [-0.1, -0.05) is 12.1 Å². The number of carbonyl (C=O) groups excluding carboxylic acids is 3. The zero-order chi connectivity index (χ0) is 20.6. The van der Waals surface area contributed by atoms with Crippen LogP contribution >= 0.6 is 0 Å². The smallest absolute Gasteiger partial charge is 0.317 e. The van der Waals surface area contributed by atoms with Crippen molar-refractivity contribution in [3.8, 4) is 0 Å². The minimum atomic E-state index is -0.329. The summed E-state index contributed by atoms with van der Waals surface area (Å²) in [5, 5.41) is 5.59. The number of nitrogens with zero attached hydrogens (tertiary/aromatic N) is 2. The van der Waals surface area contributed by atoms with Crippen molar-refractivity contribution in [2.75, 3.05) is 25.0 Å². The molecule has 8 heteroatoms. The summed E-state index contributed by atoms with van der Waals surface area (Å²) in [6.45, 7) is 3.34. The molecule has 3 rings (SSSR count). The van der Waals surface area contributed by atoms with Crippen LogP contribution in [0.2, 0.25) is 0 Å². The number of rotatable bonds is 6. The number of fused-ring (bicyclic) bond motifs is 1.